The van der Waals surface area contributed by atoms with Crippen LogP contribution in [0.15, 0.2) is 24.5 Å². The summed E-state index contributed by atoms with van der Waals surface area (Å²) in [7, 11) is 3.83. The predicted octanol–water partition coefficient (Wildman–Crippen LogP) is 1.02. The lowest BCUT2D eigenvalue weighted by molar-refractivity contribution is 0.600. The van der Waals surface area contributed by atoms with Gasteiger partial charge in [0, 0.05) is 33.0 Å². The zero-order valence-corrected chi connectivity index (χ0v) is 8.64. The molecule has 0 amide bonds. The lowest BCUT2D eigenvalue weighted by Gasteiger charge is -2.14. The normalized spacial score (nSPS) is 9.38. The second-order valence-corrected chi connectivity index (χ2v) is 3.30. The van der Waals surface area contributed by atoms with Crippen LogP contribution in [0.5, 0.6) is 0 Å². The second kappa shape index (κ2) is 4.77. The van der Waals surface area contributed by atoms with Crippen LogP contribution in [0.1, 0.15) is 5.56 Å². The Labute approximate surface area is 83.8 Å². The van der Waals surface area contributed by atoms with E-state index in [1.807, 2.05) is 37.3 Å². The number of rotatable bonds is 2. The molecule has 13 heavy (non-hydrogen) atoms. The number of pyridine rings is 1. The van der Waals surface area contributed by atoms with Gasteiger partial charge in [-0.1, -0.05) is 6.07 Å². The van der Waals surface area contributed by atoms with Crippen molar-refractivity contribution in [3.05, 3.63) is 30.1 Å². The molecule has 0 saturated heterocycles. The Hall–Kier alpha value is -1.16. The van der Waals surface area contributed by atoms with Crippen molar-refractivity contribution in [2.75, 3.05) is 14.1 Å². The van der Waals surface area contributed by atoms with E-state index in [4.69, 9.17) is 12.2 Å². The Kier molecular flexibility index (Phi) is 3.64. The Morgan fingerprint density at radius 1 is 1.62 bits per heavy atom. The van der Waals surface area contributed by atoms with Crippen molar-refractivity contribution in [3.8, 4) is 0 Å². The molecule has 0 aliphatic heterocycles. The highest BCUT2D eigenvalue weighted by molar-refractivity contribution is 7.80. The SMILES string of the molecule is CN(C)C(=S)NCc1cccnc1. The molecular weight excluding hydrogens is 182 g/mol. The van der Waals surface area contributed by atoms with Crippen LogP contribution in [-0.2, 0) is 6.54 Å². The monoisotopic (exact) mass is 195 g/mol. The van der Waals surface area contributed by atoms with E-state index in [-0.39, 0.29) is 0 Å². The van der Waals surface area contributed by atoms with Gasteiger partial charge in [-0.3, -0.25) is 4.98 Å². The zero-order chi connectivity index (χ0) is 9.68. The third kappa shape index (κ3) is 3.38. The van der Waals surface area contributed by atoms with Crippen LogP contribution >= 0.6 is 12.2 Å². The molecule has 0 aromatic carbocycles. The fourth-order valence-corrected chi connectivity index (χ4v) is 0.911. The summed E-state index contributed by atoms with van der Waals surface area (Å²) < 4.78 is 0. The summed E-state index contributed by atoms with van der Waals surface area (Å²) in [5.41, 5.74) is 1.13. The van der Waals surface area contributed by atoms with Gasteiger partial charge in [0.15, 0.2) is 5.11 Å². The molecule has 0 aliphatic rings. The maximum absolute atomic E-state index is 5.07. The summed E-state index contributed by atoms with van der Waals surface area (Å²) in [5, 5.41) is 3.86. The molecule has 0 radical (unpaired) electrons. The van der Waals surface area contributed by atoms with Gasteiger partial charge >= 0.3 is 0 Å². The maximum Gasteiger partial charge on any atom is 0.168 e. The molecule has 0 aliphatic carbocycles. The highest BCUT2D eigenvalue weighted by Gasteiger charge is 1.97. The topological polar surface area (TPSA) is 28.2 Å². The first-order chi connectivity index (χ1) is 6.20. The molecule has 70 valence electrons. The van der Waals surface area contributed by atoms with Crippen molar-refractivity contribution in [2.45, 2.75) is 6.54 Å². The zero-order valence-electron chi connectivity index (χ0n) is 7.82. The Balaban J connectivity index is 2.40. The Bertz CT molecular complexity index is 271. The molecule has 3 nitrogen and oxygen atoms in total. The molecule has 0 unspecified atom stereocenters. The molecule has 1 aromatic rings. The predicted molar refractivity (Wildman–Crippen MR) is 57.4 cm³/mol. The van der Waals surface area contributed by atoms with Crippen LogP contribution in [0.25, 0.3) is 0 Å². The molecule has 4 heteroatoms. The van der Waals surface area contributed by atoms with Crippen LogP contribution < -0.4 is 5.32 Å². The van der Waals surface area contributed by atoms with Crippen molar-refractivity contribution in [1.29, 1.82) is 0 Å². The first-order valence-corrected chi connectivity index (χ1v) is 4.45. The van der Waals surface area contributed by atoms with Gasteiger partial charge in [0.1, 0.15) is 0 Å². The number of hydrogen-bond acceptors (Lipinski definition) is 2. The Morgan fingerprint density at radius 2 is 2.38 bits per heavy atom. The van der Waals surface area contributed by atoms with E-state index < -0.39 is 0 Å². The summed E-state index contributed by atoms with van der Waals surface area (Å²) in [4.78, 5) is 5.88. The van der Waals surface area contributed by atoms with Crippen LogP contribution in [-0.4, -0.2) is 29.1 Å². The van der Waals surface area contributed by atoms with Gasteiger partial charge in [-0.05, 0) is 23.8 Å². The van der Waals surface area contributed by atoms with Crippen molar-refractivity contribution < 1.29 is 0 Å². The van der Waals surface area contributed by atoms with Crippen LogP contribution in [0.2, 0.25) is 0 Å². The average molecular weight is 195 g/mol. The molecule has 1 heterocycles. The van der Waals surface area contributed by atoms with Crippen molar-refractivity contribution in [2.24, 2.45) is 0 Å². The molecule has 1 aromatic heterocycles. The van der Waals surface area contributed by atoms with Gasteiger partial charge < -0.3 is 10.2 Å². The number of aromatic nitrogens is 1. The van der Waals surface area contributed by atoms with E-state index in [0.29, 0.717) is 0 Å². The summed E-state index contributed by atoms with van der Waals surface area (Å²) in [6, 6.07) is 3.92. The standard InChI is InChI=1S/C9H13N3S/c1-12(2)9(13)11-7-8-4-3-5-10-6-8/h3-6H,7H2,1-2H3,(H,11,13). The fraction of sp³-hybridized carbons (Fsp3) is 0.333. The summed E-state index contributed by atoms with van der Waals surface area (Å²) in [6.07, 6.45) is 3.58. The molecular formula is C9H13N3S. The smallest absolute Gasteiger partial charge is 0.168 e. The molecule has 1 N–H and O–H groups in total. The molecule has 1 rings (SSSR count). The van der Waals surface area contributed by atoms with E-state index in [1.165, 1.54) is 0 Å². The fourth-order valence-electron chi connectivity index (χ4n) is 0.838. The van der Waals surface area contributed by atoms with E-state index >= 15 is 0 Å². The minimum Gasteiger partial charge on any atom is -0.358 e. The van der Waals surface area contributed by atoms with E-state index in [0.717, 1.165) is 17.2 Å². The molecule has 0 bridgehead atoms. The number of nitrogens with one attached hydrogen (secondary N) is 1. The van der Waals surface area contributed by atoms with E-state index in [2.05, 4.69) is 10.3 Å². The van der Waals surface area contributed by atoms with E-state index in [9.17, 15) is 0 Å². The highest BCUT2D eigenvalue weighted by atomic mass is 32.1. The summed E-state index contributed by atoms with van der Waals surface area (Å²) >= 11 is 5.07. The second-order valence-electron chi connectivity index (χ2n) is 2.91. The van der Waals surface area contributed by atoms with Gasteiger partial charge in [0.25, 0.3) is 0 Å². The lowest BCUT2D eigenvalue weighted by atomic mass is 10.3. The van der Waals surface area contributed by atoms with Gasteiger partial charge in [0.2, 0.25) is 0 Å². The average Bonchev–Trinajstić information content (AvgIpc) is 2.15. The largest absolute Gasteiger partial charge is 0.358 e. The first-order valence-electron chi connectivity index (χ1n) is 4.04. The Morgan fingerprint density at radius 3 is 2.92 bits per heavy atom. The molecule has 0 saturated carbocycles. The number of thiocarbonyl (C=S) groups is 1. The van der Waals surface area contributed by atoms with Crippen LogP contribution in [0, 0.1) is 0 Å². The molecule has 0 spiro atoms. The minimum atomic E-state index is 0.727. The maximum atomic E-state index is 5.07. The van der Waals surface area contributed by atoms with Crippen molar-refractivity contribution in [3.63, 3.8) is 0 Å². The minimum absolute atomic E-state index is 0.727. The van der Waals surface area contributed by atoms with Crippen molar-refractivity contribution in [1.82, 2.24) is 15.2 Å². The van der Waals surface area contributed by atoms with Gasteiger partial charge in [-0.25, -0.2) is 0 Å². The highest BCUT2D eigenvalue weighted by Crippen LogP contribution is 1.94. The third-order valence-corrected chi connectivity index (χ3v) is 2.08. The van der Waals surface area contributed by atoms with Crippen LogP contribution in [0.3, 0.4) is 0 Å². The third-order valence-electron chi connectivity index (χ3n) is 1.57. The van der Waals surface area contributed by atoms with Crippen molar-refractivity contribution >= 4 is 17.3 Å². The van der Waals surface area contributed by atoms with E-state index in [1.54, 1.807) is 6.20 Å². The number of nitrogens with zero attached hydrogens (tertiary/aromatic N) is 2. The first kappa shape index (κ1) is 9.92. The summed E-state index contributed by atoms with van der Waals surface area (Å²) in [6.45, 7) is 0.727. The van der Waals surface area contributed by atoms with Gasteiger partial charge in [0.05, 0.1) is 0 Å². The lowest BCUT2D eigenvalue weighted by Crippen LogP contribution is -2.33. The number of hydrogen-bond donors (Lipinski definition) is 1. The molecule has 0 atom stereocenters. The summed E-state index contributed by atoms with van der Waals surface area (Å²) in [5.74, 6) is 0. The quantitative estimate of drug-likeness (QED) is 0.713. The van der Waals surface area contributed by atoms with Gasteiger partial charge in [-0.2, -0.15) is 0 Å². The van der Waals surface area contributed by atoms with Gasteiger partial charge in [-0.15, -0.1) is 0 Å². The molecule has 0 fully saturated rings. The van der Waals surface area contributed by atoms with Crippen LogP contribution in [0.4, 0.5) is 0 Å².